The topological polar surface area (TPSA) is 97.7 Å². The number of nitrogens with zero attached hydrogens (tertiary/aromatic N) is 2. The number of halogens is 4. The highest BCUT2D eigenvalue weighted by molar-refractivity contribution is 6.32. The zero-order valence-electron chi connectivity index (χ0n) is 14.8. The number of carbonyl (C=O) groups is 1. The second-order valence-electron chi connectivity index (χ2n) is 5.90. The van der Waals surface area contributed by atoms with Gasteiger partial charge in [0.15, 0.2) is 0 Å². The molecule has 1 heterocycles. The maximum absolute atomic E-state index is 12.7. The van der Waals surface area contributed by atoms with Crippen molar-refractivity contribution in [2.24, 2.45) is 5.10 Å². The van der Waals surface area contributed by atoms with Crippen LogP contribution in [0.25, 0.3) is 11.3 Å². The minimum Gasteiger partial charge on any atom is -0.455 e. The first-order valence-electron chi connectivity index (χ1n) is 8.20. The van der Waals surface area contributed by atoms with Gasteiger partial charge in [-0.3, -0.25) is 14.9 Å². The minimum absolute atomic E-state index is 0.0191. The minimum atomic E-state index is -4.57. The lowest BCUT2D eigenvalue weighted by atomic mass is 10.1. The van der Waals surface area contributed by atoms with Gasteiger partial charge in [-0.15, -0.1) is 0 Å². The van der Waals surface area contributed by atoms with Crippen LogP contribution in [0.1, 0.15) is 21.7 Å². The van der Waals surface area contributed by atoms with Crippen LogP contribution in [-0.4, -0.2) is 17.0 Å². The number of furan rings is 1. The molecule has 0 aliphatic heterocycles. The number of amides is 1. The summed E-state index contributed by atoms with van der Waals surface area (Å²) in [5.74, 6) is -0.343. The van der Waals surface area contributed by atoms with Crippen molar-refractivity contribution in [1.29, 1.82) is 0 Å². The molecule has 0 unspecified atom stereocenters. The average molecular weight is 438 g/mol. The van der Waals surface area contributed by atoms with E-state index in [0.717, 1.165) is 18.3 Å². The Morgan fingerprint density at radius 3 is 2.63 bits per heavy atom. The molecule has 30 heavy (non-hydrogen) atoms. The summed E-state index contributed by atoms with van der Waals surface area (Å²) >= 11 is 5.77. The Morgan fingerprint density at radius 1 is 1.17 bits per heavy atom. The van der Waals surface area contributed by atoms with E-state index >= 15 is 0 Å². The third kappa shape index (κ3) is 4.84. The number of nitro groups is 1. The number of rotatable bonds is 5. The Kier molecular flexibility index (Phi) is 5.88. The molecule has 7 nitrogen and oxygen atoms in total. The van der Waals surface area contributed by atoms with Gasteiger partial charge >= 0.3 is 6.18 Å². The van der Waals surface area contributed by atoms with Crippen LogP contribution in [0.3, 0.4) is 0 Å². The van der Waals surface area contributed by atoms with Crippen LogP contribution < -0.4 is 5.43 Å². The van der Waals surface area contributed by atoms with Crippen LogP contribution >= 0.6 is 11.6 Å². The van der Waals surface area contributed by atoms with Gasteiger partial charge in [-0.25, -0.2) is 5.43 Å². The molecule has 0 atom stereocenters. The number of nitro benzene ring substituents is 1. The second-order valence-corrected chi connectivity index (χ2v) is 6.31. The largest absolute Gasteiger partial charge is 0.455 e. The zero-order valence-corrected chi connectivity index (χ0v) is 15.6. The summed E-state index contributed by atoms with van der Waals surface area (Å²) in [6, 6.07) is 11.1. The molecule has 0 spiro atoms. The molecule has 0 fully saturated rings. The molecule has 2 aromatic carbocycles. The number of hydrazone groups is 1. The summed E-state index contributed by atoms with van der Waals surface area (Å²) in [5, 5.41) is 14.6. The maximum Gasteiger partial charge on any atom is 0.416 e. The smallest absolute Gasteiger partial charge is 0.416 e. The highest BCUT2D eigenvalue weighted by atomic mass is 35.5. The van der Waals surface area contributed by atoms with E-state index in [-0.39, 0.29) is 22.0 Å². The zero-order chi connectivity index (χ0) is 21.9. The predicted octanol–water partition coefficient (Wildman–Crippen LogP) is 5.29. The quantitative estimate of drug-likeness (QED) is 0.333. The summed E-state index contributed by atoms with van der Waals surface area (Å²) in [6.07, 6.45) is -3.43. The Bertz CT molecular complexity index is 1140. The fraction of sp³-hybridized carbons (Fsp3) is 0.0526. The van der Waals surface area contributed by atoms with E-state index in [2.05, 4.69) is 10.5 Å². The van der Waals surface area contributed by atoms with Crippen molar-refractivity contribution in [3.63, 3.8) is 0 Å². The Balaban J connectivity index is 1.70. The number of benzene rings is 2. The van der Waals surface area contributed by atoms with Crippen LogP contribution in [0.2, 0.25) is 5.02 Å². The lowest BCUT2D eigenvalue weighted by Gasteiger charge is -2.07. The van der Waals surface area contributed by atoms with Gasteiger partial charge in [0.25, 0.3) is 11.6 Å². The monoisotopic (exact) mass is 437 g/mol. The van der Waals surface area contributed by atoms with Crippen LogP contribution in [0.4, 0.5) is 18.9 Å². The van der Waals surface area contributed by atoms with Crippen molar-refractivity contribution >= 4 is 29.4 Å². The van der Waals surface area contributed by atoms with Crippen LogP contribution in [0.5, 0.6) is 0 Å². The number of alkyl halides is 3. The Morgan fingerprint density at radius 2 is 1.93 bits per heavy atom. The maximum atomic E-state index is 12.7. The normalized spacial score (nSPS) is 11.6. The summed E-state index contributed by atoms with van der Waals surface area (Å²) in [4.78, 5) is 22.3. The summed E-state index contributed by atoms with van der Waals surface area (Å²) in [6.45, 7) is 0. The van der Waals surface area contributed by atoms with Crippen LogP contribution in [0.15, 0.2) is 64.1 Å². The van der Waals surface area contributed by atoms with Gasteiger partial charge < -0.3 is 4.42 Å². The van der Waals surface area contributed by atoms with Gasteiger partial charge in [-0.2, -0.15) is 18.3 Å². The predicted molar refractivity (Wildman–Crippen MR) is 102 cm³/mol. The molecule has 3 aromatic rings. The van der Waals surface area contributed by atoms with Crippen molar-refractivity contribution in [2.45, 2.75) is 6.18 Å². The first-order chi connectivity index (χ1) is 14.1. The number of hydrogen-bond donors (Lipinski definition) is 1. The third-order valence-electron chi connectivity index (χ3n) is 3.86. The SMILES string of the molecule is O=C(N/N=C\c1ccc(-c2ccc(Cl)c([N+](=O)[O-])c2)o1)c1cccc(C(F)(F)F)c1. The Labute approximate surface area is 171 Å². The van der Waals surface area contributed by atoms with Crippen molar-refractivity contribution < 1.29 is 27.3 Å². The summed E-state index contributed by atoms with van der Waals surface area (Å²) in [7, 11) is 0. The molecule has 0 saturated heterocycles. The molecule has 154 valence electrons. The van der Waals surface area contributed by atoms with E-state index in [9.17, 15) is 28.1 Å². The molecule has 0 saturated carbocycles. The molecule has 0 aliphatic rings. The van der Waals surface area contributed by atoms with E-state index in [1.54, 1.807) is 0 Å². The third-order valence-corrected chi connectivity index (χ3v) is 4.18. The molecule has 0 radical (unpaired) electrons. The molecule has 3 rings (SSSR count). The lowest BCUT2D eigenvalue weighted by Crippen LogP contribution is -2.18. The van der Waals surface area contributed by atoms with Gasteiger partial charge in [0.2, 0.25) is 0 Å². The molecule has 1 aromatic heterocycles. The van der Waals surface area contributed by atoms with Crippen molar-refractivity contribution in [1.82, 2.24) is 5.43 Å². The van der Waals surface area contributed by atoms with E-state index < -0.39 is 22.6 Å². The molecule has 1 N–H and O–H groups in total. The molecular formula is C19H11ClF3N3O4. The fourth-order valence-corrected chi connectivity index (χ4v) is 2.63. The summed E-state index contributed by atoms with van der Waals surface area (Å²) < 4.78 is 43.6. The lowest BCUT2D eigenvalue weighted by molar-refractivity contribution is -0.384. The van der Waals surface area contributed by atoms with Gasteiger partial charge in [-0.1, -0.05) is 17.7 Å². The van der Waals surface area contributed by atoms with Crippen LogP contribution in [0, 0.1) is 10.1 Å². The number of nitrogens with one attached hydrogen (secondary N) is 1. The molecule has 0 bridgehead atoms. The van der Waals surface area contributed by atoms with Gasteiger partial charge in [0.1, 0.15) is 16.5 Å². The van der Waals surface area contributed by atoms with Crippen LogP contribution in [-0.2, 0) is 6.18 Å². The standard InChI is InChI=1S/C19H11ClF3N3O4/c20-15-6-4-11(9-16(15)26(28)29)17-7-5-14(30-17)10-24-25-18(27)12-2-1-3-13(8-12)19(21,22)23/h1-10H,(H,25,27)/b24-10-. The molecule has 1 amide bonds. The van der Waals surface area contributed by atoms with E-state index in [4.69, 9.17) is 16.0 Å². The van der Waals surface area contributed by atoms with E-state index in [1.165, 1.54) is 36.4 Å². The Hall–Kier alpha value is -3.66. The van der Waals surface area contributed by atoms with E-state index in [0.29, 0.717) is 17.4 Å². The highest BCUT2D eigenvalue weighted by Crippen LogP contribution is 2.31. The number of carbonyl (C=O) groups excluding carboxylic acids is 1. The molecule has 0 aliphatic carbocycles. The summed E-state index contributed by atoms with van der Waals surface area (Å²) in [5.41, 5.74) is 1.06. The first kappa shape index (κ1) is 21.1. The van der Waals surface area contributed by atoms with Gasteiger partial charge in [0, 0.05) is 17.2 Å². The number of hydrogen-bond acceptors (Lipinski definition) is 5. The first-order valence-corrected chi connectivity index (χ1v) is 8.58. The second kappa shape index (κ2) is 8.37. The van der Waals surface area contributed by atoms with E-state index in [1.807, 2.05) is 0 Å². The fourth-order valence-electron chi connectivity index (χ4n) is 2.44. The van der Waals surface area contributed by atoms with Crippen molar-refractivity contribution in [3.05, 3.63) is 86.6 Å². The van der Waals surface area contributed by atoms with Gasteiger partial charge in [0.05, 0.1) is 16.7 Å². The average Bonchev–Trinajstić information content (AvgIpc) is 3.16. The van der Waals surface area contributed by atoms with Crippen molar-refractivity contribution in [3.8, 4) is 11.3 Å². The molecule has 11 heteroatoms. The van der Waals surface area contributed by atoms with Gasteiger partial charge in [-0.05, 0) is 42.5 Å². The van der Waals surface area contributed by atoms with Crippen molar-refractivity contribution in [2.75, 3.05) is 0 Å². The molecular weight excluding hydrogens is 427 g/mol. The highest BCUT2D eigenvalue weighted by Gasteiger charge is 2.30.